The summed E-state index contributed by atoms with van der Waals surface area (Å²) in [6, 6.07) is 0. The Morgan fingerprint density at radius 2 is 1.86 bits per heavy atom. The molecule has 0 bridgehead atoms. The van der Waals surface area contributed by atoms with Gasteiger partial charge in [-0.2, -0.15) is 4.98 Å². The van der Waals surface area contributed by atoms with E-state index in [1.54, 1.807) is 7.05 Å². The fourth-order valence-corrected chi connectivity index (χ4v) is 3.98. The molecule has 0 spiro atoms. The van der Waals surface area contributed by atoms with Crippen molar-refractivity contribution in [2.75, 3.05) is 44.3 Å². The highest BCUT2D eigenvalue weighted by atomic mass is 16.5. The second-order valence-electron chi connectivity index (χ2n) is 7.61. The van der Waals surface area contributed by atoms with Crippen molar-refractivity contribution in [1.82, 2.24) is 24.0 Å². The first kappa shape index (κ1) is 19.7. The van der Waals surface area contributed by atoms with E-state index in [0.29, 0.717) is 56.5 Å². The fourth-order valence-electron chi connectivity index (χ4n) is 3.98. The number of nitrogens with zero attached hydrogens (tertiary/aromatic N) is 6. The maximum atomic E-state index is 12.9. The summed E-state index contributed by atoms with van der Waals surface area (Å²) in [5, 5.41) is 3.44. The van der Waals surface area contributed by atoms with Gasteiger partial charge in [0.05, 0.1) is 19.0 Å². The minimum absolute atomic E-state index is 0.318. The lowest BCUT2D eigenvalue weighted by molar-refractivity contribution is 0.121. The average molecular weight is 403 g/mol. The number of aliphatic imine (C=N–C) groups is 1. The molecule has 2 aromatic rings. The van der Waals surface area contributed by atoms with Crippen LogP contribution in [0.25, 0.3) is 11.2 Å². The van der Waals surface area contributed by atoms with Crippen LogP contribution >= 0.6 is 0 Å². The van der Waals surface area contributed by atoms with Gasteiger partial charge in [-0.1, -0.05) is 6.42 Å². The van der Waals surface area contributed by atoms with Crippen LogP contribution in [0.4, 0.5) is 5.95 Å². The highest BCUT2D eigenvalue weighted by Gasteiger charge is 2.23. The molecule has 0 atom stereocenters. The third-order valence-corrected chi connectivity index (χ3v) is 5.66. The lowest BCUT2D eigenvalue weighted by atomic mass is 10.2. The van der Waals surface area contributed by atoms with E-state index in [0.717, 1.165) is 36.2 Å². The van der Waals surface area contributed by atoms with Gasteiger partial charge in [-0.15, -0.1) is 0 Å². The van der Waals surface area contributed by atoms with Gasteiger partial charge in [0.25, 0.3) is 5.56 Å². The molecule has 10 nitrogen and oxygen atoms in total. The van der Waals surface area contributed by atoms with E-state index < -0.39 is 0 Å². The zero-order chi connectivity index (χ0) is 20.4. The van der Waals surface area contributed by atoms with Gasteiger partial charge in [-0.3, -0.25) is 18.9 Å². The highest BCUT2D eigenvalue weighted by molar-refractivity contribution is 5.82. The molecule has 158 valence electrons. The summed E-state index contributed by atoms with van der Waals surface area (Å²) in [6.45, 7) is 4.74. The Kier molecular flexibility index (Phi) is 5.70. The van der Waals surface area contributed by atoms with Crippen LogP contribution in [-0.4, -0.2) is 63.9 Å². The number of fused-ring (bicyclic) bond motifs is 1. The van der Waals surface area contributed by atoms with Crippen molar-refractivity contribution >= 4 is 22.9 Å². The molecular formula is C19H29N7O3. The van der Waals surface area contributed by atoms with E-state index in [9.17, 15) is 9.59 Å². The highest BCUT2D eigenvalue weighted by Crippen LogP contribution is 2.20. The number of aryl methyl sites for hydroxylation is 1. The maximum Gasteiger partial charge on any atom is 0.332 e. The topological polar surface area (TPSA) is 98.7 Å². The van der Waals surface area contributed by atoms with Crippen molar-refractivity contribution in [2.45, 2.75) is 32.2 Å². The summed E-state index contributed by atoms with van der Waals surface area (Å²) in [5.41, 5.74) is 0.195. The van der Waals surface area contributed by atoms with Crippen LogP contribution in [0.2, 0.25) is 0 Å². The third kappa shape index (κ3) is 3.81. The van der Waals surface area contributed by atoms with E-state index in [-0.39, 0.29) is 11.2 Å². The molecule has 0 unspecified atom stereocenters. The van der Waals surface area contributed by atoms with Gasteiger partial charge in [-0.25, -0.2) is 4.79 Å². The lowest BCUT2D eigenvalue weighted by Gasteiger charge is -2.28. The minimum atomic E-state index is -0.369. The number of morpholine rings is 1. The average Bonchev–Trinajstić information content (AvgIpc) is 2.92. The van der Waals surface area contributed by atoms with Gasteiger partial charge in [0.15, 0.2) is 11.2 Å². The molecule has 2 aliphatic rings. The quantitative estimate of drug-likeness (QED) is 0.761. The number of nitrogens with one attached hydrogen (secondary N) is 1. The van der Waals surface area contributed by atoms with Crippen molar-refractivity contribution in [2.24, 2.45) is 19.1 Å². The van der Waals surface area contributed by atoms with Crippen LogP contribution in [0, 0.1) is 0 Å². The number of imidazole rings is 1. The monoisotopic (exact) mass is 403 g/mol. The fraction of sp³-hybridized carbons (Fsp3) is 0.684. The van der Waals surface area contributed by atoms with E-state index in [1.807, 2.05) is 4.57 Å². The van der Waals surface area contributed by atoms with Crippen LogP contribution in [0.1, 0.15) is 25.7 Å². The molecule has 2 aliphatic heterocycles. The third-order valence-electron chi connectivity index (χ3n) is 5.66. The van der Waals surface area contributed by atoms with E-state index in [4.69, 9.17) is 9.72 Å². The van der Waals surface area contributed by atoms with Crippen LogP contribution in [0.3, 0.4) is 0 Å². The Bertz CT molecular complexity index is 1030. The molecule has 10 heteroatoms. The smallest absolute Gasteiger partial charge is 0.332 e. The summed E-state index contributed by atoms with van der Waals surface area (Å²) in [7, 11) is 3.16. The number of anilines is 1. The molecule has 0 saturated carbocycles. The number of ether oxygens (including phenoxy) is 1. The van der Waals surface area contributed by atoms with Crippen LogP contribution in [-0.2, 0) is 25.4 Å². The molecule has 0 amide bonds. The van der Waals surface area contributed by atoms with Crippen molar-refractivity contribution in [3.05, 3.63) is 20.8 Å². The molecule has 1 saturated heterocycles. The van der Waals surface area contributed by atoms with Crippen molar-refractivity contribution in [3.8, 4) is 0 Å². The first-order chi connectivity index (χ1) is 14.1. The Balaban J connectivity index is 1.70. The van der Waals surface area contributed by atoms with Crippen molar-refractivity contribution in [3.63, 3.8) is 0 Å². The second-order valence-corrected chi connectivity index (χ2v) is 7.61. The predicted octanol–water partition coefficient (Wildman–Crippen LogP) is -0.168. The summed E-state index contributed by atoms with van der Waals surface area (Å²) >= 11 is 0. The van der Waals surface area contributed by atoms with Crippen LogP contribution < -0.4 is 21.5 Å². The van der Waals surface area contributed by atoms with Gasteiger partial charge in [0.2, 0.25) is 5.95 Å². The predicted molar refractivity (Wildman–Crippen MR) is 112 cm³/mol. The number of hydrogen-bond acceptors (Lipinski definition) is 7. The van der Waals surface area contributed by atoms with Crippen molar-refractivity contribution in [1.29, 1.82) is 0 Å². The zero-order valence-corrected chi connectivity index (χ0v) is 17.2. The molecular weight excluding hydrogens is 374 g/mol. The molecule has 0 aromatic carbocycles. The Morgan fingerprint density at radius 1 is 1.07 bits per heavy atom. The Hall–Kier alpha value is -2.62. The standard InChI is InChI=1S/C19H29N7O3/c1-23-16-15(17(27)24(2)19(23)28)26(18(22-16)25-10-12-29-13-11-25)9-8-21-14-6-4-3-5-7-20-14/h3-13H2,1-2H3,(H,20,21). The number of rotatable bonds is 4. The van der Waals surface area contributed by atoms with Gasteiger partial charge >= 0.3 is 5.69 Å². The molecule has 2 aromatic heterocycles. The van der Waals surface area contributed by atoms with Crippen molar-refractivity contribution < 1.29 is 4.74 Å². The first-order valence-corrected chi connectivity index (χ1v) is 10.3. The van der Waals surface area contributed by atoms with Gasteiger partial charge in [0.1, 0.15) is 0 Å². The first-order valence-electron chi connectivity index (χ1n) is 10.3. The molecule has 4 heterocycles. The largest absolute Gasteiger partial charge is 0.378 e. The van der Waals surface area contributed by atoms with Crippen LogP contribution in [0.15, 0.2) is 14.6 Å². The molecule has 0 radical (unpaired) electrons. The minimum Gasteiger partial charge on any atom is -0.378 e. The molecule has 0 aliphatic carbocycles. The van der Waals surface area contributed by atoms with E-state index >= 15 is 0 Å². The van der Waals surface area contributed by atoms with E-state index in [2.05, 4.69) is 15.2 Å². The summed E-state index contributed by atoms with van der Waals surface area (Å²) < 4.78 is 9.99. The number of hydrogen-bond donors (Lipinski definition) is 1. The maximum absolute atomic E-state index is 12.9. The molecule has 1 N–H and O–H groups in total. The van der Waals surface area contributed by atoms with E-state index in [1.165, 1.54) is 18.0 Å². The summed E-state index contributed by atoms with van der Waals surface area (Å²) in [6.07, 6.45) is 4.48. The molecule has 29 heavy (non-hydrogen) atoms. The van der Waals surface area contributed by atoms with Gasteiger partial charge < -0.3 is 19.5 Å². The van der Waals surface area contributed by atoms with Gasteiger partial charge in [0, 0.05) is 53.2 Å². The summed E-state index contributed by atoms with van der Waals surface area (Å²) in [4.78, 5) is 36.7. The Morgan fingerprint density at radius 3 is 2.66 bits per heavy atom. The zero-order valence-electron chi connectivity index (χ0n) is 17.2. The second kappa shape index (κ2) is 8.40. The number of aromatic nitrogens is 4. The Labute approximate surface area is 168 Å². The molecule has 4 rings (SSSR count). The number of amidine groups is 1. The summed E-state index contributed by atoms with van der Waals surface area (Å²) in [5.74, 6) is 1.76. The van der Waals surface area contributed by atoms with Gasteiger partial charge in [-0.05, 0) is 12.8 Å². The normalized spacial score (nSPS) is 18.0. The lowest BCUT2D eigenvalue weighted by Crippen LogP contribution is -2.39. The SMILES string of the molecule is Cn1c(=O)c2c(nc(N3CCOCC3)n2CCNC2=NCCCCC2)n(C)c1=O. The molecule has 1 fully saturated rings. The van der Waals surface area contributed by atoms with Crippen LogP contribution in [0.5, 0.6) is 0 Å².